The highest BCUT2D eigenvalue weighted by atomic mass is 16.5. The molecule has 2 aliphatic heterocycles. The van der Waals surface area contributed by atoms with E-state index < -0.39 is 0 Å². The zero-order chi connectivity index (χ0) is 16.9. The zero-order valence-electron chi connectivity index (χ0n) is 14.4. The molecule has 0 N–H and O–H groups in total. The van der Waals surface area contributed by atoms with Gasteiger partial charge in [0.15, 0.2) is 0 Å². The molecule has 2 aromatic rings. The molecule has 25 heavy (non-hydrogen) atoms. The molecule has 0 radical (unpaired) electrons. The third-order valence-electron chi connectivity index (χ3n) is 6.32. The van der Waals surface area contributed by atoms with Gasteiger partial charge < -0.3 is 9.64 Å². The highest BCUT2D eigenvalue weighted by Crippen LogP contribution is 2.61. The van der Waals surface area contributed by atoms with Crippen molar-refractivity contribution in [3.63, 3.8) is 0 Å². The van der Waals surface area contributed by atoms with Crippen LogP contribution in [0.25, 0.3) is 0 Å². The number of hydrogen-bond donors (Lipinski definition) is 0. The molecule has 128 valence electrons. The Morgan fingerprint density at radius 3 is 2.76 bits per heavy atom. The van der Waals surface area contributed by atoms with Crippen molar-refractivity contribution in [3.8, 4) is 5.75 Å². The fourth-order valence-electron chi connectivity index (χ4n) is 4.94. The molecule has 2 aromatic carbocycles. The van der Waals surface area contributed by atoms with Crippen molar-refractivity contribution in [3.05, 3.63) is 65.7 Å². The average molecular weight is 333 g/mol. The second-order valence-corrected chi connectivity index (χ2v) is 7.61. The number of benzene rings is 2. The fourth-order valence-corrected chi connectivity index (χ4v) is 4.94. The van der Waals surface area contributed by atoms with Crippen molar-refractivity contribution in [2.45, 2.75) is 37.1 Å². The fraction of sp³-hybridized carbons (Fsp3) is 0.409. The van der Waals surface area contributed by atoms with E-state index in [1.807, 2.05) is 18.2 Å². The van der Waals surface area contributed by atoms with Crippen LogP contribution in [0.2, 0.25) is 0 Å². The monoisotopic (exact) mass is 333 g/mol. The maximum atomic E-state index is 13.4. The Balaban J connectivity index is 1.42. The maximum Gasteiger partial charge on any atom is 0.227 e. The summed E-state index contributed by atoms with van der Waals surface area (Å²) in [6.45, 7) is 1.62. The van der Waals surface area contributed by atoms with E-state index in [-0.39, 0.29) is 17.4 Å². The van der Waals surface area contributed by atoms with E-state index in [1.54, 1.807) is 0 Å². The molecule has 3 heteroatoms. The number of rotatable bonds is 2. The first-order valence-electron chi connectivity index (χ1n) is 9.37. The van der Waals surface area contributed by atoms with Gasteiger partial charge in [-0.2, -0.15) is 0 Å². The normalized spacial score (nSPS) is 30.0. The van der Waals surface area contributed by atoms with Gasteiger partial charge in [0, 0.05) is 23.4 Å². The maximum absolute atomic E-state index is 13.4. The van der Waals surface area contributed by atoms with Crippen LogP contribution in [0.4, 0.5) is 0 Å². The van der Waals surface area contributed by atoms with Crippen LogP contribution in [0.3, 0.4) is 0 Å². The molecule has 5 rings (SSSR count). The number of nitrogens with zero attached hydrogens (tertiary/aromatic N) is 1. The first-order chi connectivity index (χ1) is 12.3. The van der Waals surface area contributed by atoms with E-state index in [9.17, 15) is 4.79 Å². The molecule has 3 atom stereocenters. The third kappa shape index (κ3) is 2.29. The van der Waals surface area contributed by atoms with Gasteiger partial charge in [0.1, 0.15) is 5.75 Å². The van der Waals surface area contributed by atoms with Crippen LogP contribution in [0.5, 0.6) is 5.75 Å². The average Bonchev–Trinajstić information content (AvgIpc) is 3.16. The number of para-hydroxylation sites is 1. The van der Waals surface area contributed by atoms with Gasteiger partial charge in [-0.15, -0.1) is 0 Å². The van der Waals surface area contributed by atoms with Gasteiger partial charge in [-0.1, -0.05) is 48.5 Å². The van der Waals surface area contributed by atoms with E-state index >= 15 is 0 Å². The van der Waals surface area contributed by atoms with Crippen LogP contribution in [0.15, 0.2) is 54.6 Å². The molecule has 3 nitrogen and oxygen atoms in total. The van der Waals surface area contributed by atoms with Crippen molar-refractivity contribution in [2.75, 3.05) is 13.2 Å². The van der Waals surface area contributed by atoms with E-state index in [0.717, 1.165) is 44.6 Å². The summed E-state index contributed by atoms with van der Waals surface area (Å²) in [6.07, 6.45) is 4.12. The van der Waals surface area contributed by atoms with Crippen molar-refractivity contribution in [1.82, 2.24) is 4.90 Å². The van der Waals surface area contributed by atoms with Crippen LogP contribution < -0.4 is 4.74 Å². The number of ether oxygens (including phenoxy) is 1. The van der Waals surface area contributed by atoms with Gasteiger partial charge in [0.2, 0.25) is 5.91 Å². The number of likely N-dealkylation sites (tertiary alicyclic amines) is 1. The number of amides is 1. The lowest BCUT2D eigenvalue weighted by Crippen LogP contribution is -2.35. The second kappa shape index (κ2) is 5.62. The first-order valence-corrected chi connectivity index (χ1v) is 9.37. The van der Waals surface area contributed by atoms with Crippen molar-refractivity contribution in [1.29, 1.82) is 0 Å². The standard InChI is InChI=1S/C22H23NO2/c24-21(23-13-6-10-19(23)16-7-2-1-3-8-16)18-15-22(18)12-14-25-20-11-5-4-9-17(20)22/h1-5,7-9,11,18-19H,6,10,12-15H2/t18-,19+,22-/m0/s1. The van der Waals surface area contributed by atoms with E-state index in [2.05, 4.69) is 41.3 Å². The molecule has 3 aliphatic rings. The van der Waals surface area contributed by atoms with Gasteiger partial charge in [0.25, 0.3) is 0 Å². The largest absolute Gasteiger partial charge is 0.493 e. The summed E-state index contributed by atoms with van der Waals surface area (Å²) in [6, 6.07) is 19.0. The Morgan fingerprint density at radius 1 is 1.08 bits per heavy atom. The lowest BCUT2D eigenvalue weighted by Gasteiger charge is -2.29. The van der Waals surface area contributed by atoms with Crippen LogP contribution in [0, 0.1) is 5.92 Å². The van der Waals surface area contributed by atoms with E-state index in [4.69, 9.17) is 4.74 Å². The van der Waals surface area contributed by atoms with Crippen molar-refractivity contribution >= 4 is 5.91 Å². The van der Waals surface area contributed by atoms with Gasteiger partial charge in [-0.3, -0.25) is 4.79 Å². The minimum atomic E-state index is 0.0236. The molecule has 1 aliphatic carbocycles. The number of carbonyl (C=O) groups excluding carboxylic acids is 1. The highest BCUT2D eigenvalue weighted by Gasteiger charge is 2.62. The van der Waals surface area contributed by atoms with Crippen molar-refractivity contribution in [2.24, 2.45) is 5.92 Å². The molecule has 1 saturated carbocycles. The summed E-state index contributed by atoms with van der Waals surface area (Å²) in [5, 5.41) is 0. The topological polar surface area (TPSA) is 29.5 Å². The molecule has 0 unspecified atom stereocenters. The van der Waals surface area contributed by atoms with Gasteiger partial charge >= 0.3 is 0 Å². The van der Waals surface area contributed by atoms with Gasteiger partial charge in [0.05, 0.1) is 12.6 Å². The lowest BCUT2D eigenvalue weighted by molar-refractivity contribution is -0.134. The summed E-state index contributed by atoms with van der Waals surface area (Å²) in [5.74, 6) is 1.45. The van der Waals surface area contributed by atoms with E-state index in [1.165, 1.54) is 11.1 Å². The molecule has 1 amide bonds. The summed E-state index contributed by atoms with van der Waals surface area (Å²) >= 11 is 0. The Hall–Kier alpha value is -2.29. The van der Waals surface area contributed by atoms with E-state index in [0.29, 0.717) is 5.91 Å². The lowest BCUT2D eigenvalue weighted by atomic mass is 9.87. The molecule has 1 saturated heterocycles. The Kier molecular flexibility index (Phi) is 3.37. The second-order valence-electron chi connectivity index (χ2n) is 7.61. The number of carbonyl (C=O) groups is 1. The summed E-state index contributed by atoms with van der Waals surface area (Å²) in [5.41, 5.74) is 2.54. The van der Waals surface area contributed by atoms with Crippen molar-refractivity contribution < 1.29 is 9.53 Å². The molecule has 2 heterocycles. The third-order valence-corrected chi connectivity index (χ3v) is 6.32. The van der Waals surface area contributed by atoms with Crippen LogP contribution in [-0.2, 0) is 10.2 Å². The summed E-state index contributed by atoms with van der Waals surface area (Å²) in [4.78, 5) is 15.5. The number of hydrogen-bond acceptors (Lipinski definition) is 2. The molecule has 2 fully saturated rings. The first kappa shape index (κ1) is 15.0. The predicted molar refractivity (Wildman–Crippen MR) is 96.5 cm³/mol. The Bertz CT molecular complexity index is 803. The minimum Gasteiger partial charge on any atom is -0.493 e. The Morgan fingerprint density at radius 2 is 1.88 bits per heavy atom. The van der Waals surface area contributed by atoms with Crippen LogP contribution in [0.1, 0.15) is 42.9 Å². The molecular formula is C22H23NO2. The predicted octanol–water partition coefficient (Wildman–Crippen LogP) is 4.09. The highest BCUT2D eigenvalue weighted by molar-refractivity contribution is 5.85. The summed E-state index contributed by atoms with van der Waals surface area (Å²) < 4.78 is 5.82. The minimum absolute atomic E-state index is 0.0236. The smallest absolute Gasteiger partial charge is 0.227 e. The number of fused-ring (bicyclic) bond motifs is 2. The summed E-state index contributed by atoms with van der Waals surface area (Å²) in [7, 11) is 0. The SMILES string of the molecule is O=C([C@@H]1C[C@]12CCOc1ccccc12)N1CCC[C@@H]1c1ccccc1. The van der Waals surface area contributed by atoms with Gasteiger partial charge in [-0.05, 0) is 37.3 Å². The quantitative estimate of drug-likeness (QED) is 0.828. The zero-order valence-corrected chi connectivity index (χ0v) is 14.4. The van der Waals surface area contributed by atoms with Crippen LogP contribution >= 0.6 is 0 Å². The van der Waals surface area contributed by atoms with Crippen LogP contribution in [-0.4, -0.2) is 24.0 Å². The molecule has 0 bridgehead atoms. The Labute approximate surface area is 148 Å². The van der Waals surface area contributed by atoms with Gasteiger partial charge in [-0.25, -0.2) is 0 Å². The molecular weight excluding hydrogens is 310 g/mol. The molecule has 0 aromatic heterocycles. The molecule has 1 spiro atoms.